The zero-order valence-electron chi connectivity index (χ0n) is 20.6. The fraction of sp³-hybridized carbons (Fsp3) is 0.308. The zero-order valence-corrected chi connectivity index (χ0v) is 20.6. The Morgan fingerprint density at radius 3 is 2.42 bits per heavy atom. The van der Waals surface area contributed by atoms with Crippen LogP contribution in [0.1, 0.15) is 31.2 Å². The number of non-ortho nitro benzene ring substituents is 1. The van der Waals surface area contributed by atoms with Crippen LogP contribution in [0.3, 0.4) is 0 Å². The third kappa shape index (κ3) is 3.36. The lowest BCUT2D eigenvalue weighted by atomic mass is 9.97. The van der Waals surface area contributed by atoms with Gasteiger partial charge in [0.1, 0.15) is 11.9 Å². The number of rotatable bonds is 4. The van der Waals surface area contributed by atoms with Crippen molar-refractivity contribution in [3.05, 3.63) is 90.7 Å². The predicted molar refractivity (Wildman–Crippen MR) is 135 cm³/mol. The van der Waals surface area contributed by atoms with E-state index in [-0.39, 0.29) is 12.3 Å². The van der Waals surface area contributed by atoms with E-state index < -0.39 is 27.8 Å². The topological polar surface area (TPSA) is 111 Å². The van der Waals surface area contributed by atoms with Crippen LogP contribution in [0.2, 0.25) is 0 Å². The molecule has 4 aromatic rings. The van der Waals surface area contributed by atoms with Gasteiger partial charge in [0.25, 0.3) is 11.2 Å². The summed E-state index contributed by atoms with van der Waals surface area (Å²) in [6.07, 6.45) is -0.731. The molecule has 0 saturated heterocycles. The molecule has 2 aromatic heterocycles. The second-order valence-corrected chi connectivity index (χ2v) is 9.58. The van der Waals surface area contributed by atoms with Crippen molar-refractivity contribution in [2.24, 2.45) is 14.1 Å². The maximum absolute atomic E-state index is 13.6. The van der Waals surface area contributed by atoms with Gasteiger partial charge in [-0.3, -0.25) is 24.0 Å². The Hall–Kier alpha value is -4.18. The maximum Gasteiger partial charge on any atom is 0.331 e. The predicted octanol–water partition coefficient (Wildman–Crippen LogP) is 3.48. The summed E-state index contributed by atoms with van der Waals surface area (Å²) in [5, 5.41) is 11.9. The second kappa shape index (κ2) is 8.20. The molecule has 0 N–H and O–H groups in total. The molecular weight excluding hydrogens is 464 g/mol. The Kier molecular flexibility index (Phi) is 5.36. The van der Waals surface area contributed by atoms with Crippen LogP contribution in [0.15, 0.2) is 58.1 Å². The highest BCUT2D eigenvalue weighted by Gasteiger charge is 2.41. The number of methoxy groups -OCH3 is 1. The summed E-state index contributed by atoms with van der Waals surface area (Å²) in [6.45, 7) is 4.27. The van der Waals surface area contributed by atoms with E-state index >= 15 is 0 Å². The number of nitrogens with zero attached hydrogens (tertiary/aromatic N) is 4. The molecule has 1 aliphatic heterocycles. The highest BCUT2D eigenvalue weighted by atomic mass is 16.6. The summed E-state index contributed by atoms with van der Waals surface area (Å²) in [4.78, 5) is 37.7. The summed E-state index contributed by atoms with van der Waals surface area (Å²) in [5.41, 5.74) is 1.49. The molecular formula is C26H26N4O6. The molecule has 1 atom stereocenters. The van der Waals surface area contributed by atoms with Gasteiger partial charge < -0.3 is 14.0 Å². The minimum absolute atomic E-state index is 0.0662. The van der Waals surface area contributed by atoms with Gasteiger partial charge in [0.15, 0.2) is 0 Å². The lowest BCUT2D eigenvalue weighted by Gasteiger charge is -2.39. The van der Waals surface area contributed by atoms with E-state index in [1.807, 2.05) is 42.7 Å². The molecule has 10 heteroatoms. The Labute approximate surface area is 206 Å². The first-order chi connectivity index (χ1) is 17.1. The number of aromatic nitrogens is 3. The quantitative estimate of drug-likeness (QED) is 0.320. The molecule has 0 spiro atoms. The highest BCUT2D eigenvalue weighted by Crippen LogP contribution is 2.45. The van der Waals surface area contributed by atoms with E-state index in [9.17, 15) is 19.7 Å². The van der Waals surface area contributed by atoms with Gasteiger partial charge >= 0.3 is 5.69 Å². The van der Waals surface area contributed by atoms with Crippen molar-refractivity contribution in [2.75, 3.05) is 13.7 Å². The third-order valence-corrected chi connectivity index (χ3v) is 6.81. The van der Waals surface area contributed by atoms with Gasteiger partial charge in [-0.1, -0.05) is 12.1 Å². The molecule has 3 heterocycles. The third-order valence-electron chi connectivity index (χ3n) is 6.81. The van der Waals surface area contributed by atoms with Crippen LogP contribution in [0.5, 0.6) is 5.75 Å². The number of nitro groups is 1. The van der Waals surface area contributed by atoms with Crippen LogP contribution >= 0.6 is 0 Å². The monoisotopic (exact) mass is 490 g/mol. The van der Waals surface area contributed by atoms with E-state index in [1.165, 1.54) is 23.7 Å². The lowest BCUT2D eigenvalue weighted by Crippen LogP contribution is -2.40. The Morgan fingerprint density at radius 2 is 1.78 bits per heavy atom. The number of benzene rings is 2. The van der Waals surface area contributed by atoms with Crippen molar-refractivity contribution in [3.63, 3.8) is 0 Å². The van der Waals surface area contributed by atoms with Crippen LogP contribution in [-0.2, 0) is 24.4 Å². The number of hydrogen-bond acceptors (Lipinski definition) is 6. The molecule has 0 saturated carbocycles. The average Bonchev–Trinajstić information content (AvgIpc) is 3.24. The molecule has 36 heavy (non-hydrogen) atoms. The van der Waals surface area contributed by atoms with E-state index in [4.69, 9.17) is 9.47 Å². The van der Waals surface area contributed by atoms with Gasteiger partial charge in [0.05, 0.1) is 46.5 Å². The molecule has 0 aliphatic carbocycles. The Bertz CT molecular complexity index is 1640. The summed E-state index contributed by atoms with van der Waals surface area (Å²) in [7, 11) is 4.66. The molecule has 5 rings (SSSR count). The number of ether oxygens (including phenoxy) is 2. The van der Waals surface area contributed by atoms with Crippen molar-refractivity contribution in [1.82, 2.24) is 13.7 Å². The highest BCUT2D eigenvalue weighted by molar-refractivity contribution is 5.97. The second-order valence-electron chi connectivity index (χ2n) is 9.58. The van der Waals surface area contributed by atoms with Crippen molar-refractivity contribution in [3.8, 4) is 17.0 Å². The first-order valence-corrected chi connectivity index (χ1v) is 11.4. The normalized spacial score (nSPS) is 16.6. The zero-order chi connectivity index (χ0) is 25.9. The van der Waals surface area contributed by atoms with Crippen molar-refractivity contribution < 1.29 is 14.4 Å². The van der Waals surface area contributed by atoms with Crippen LogP contribution in [-0.4, -0.2) is 32.3 Å². The van der Waals surface area contributed by atoms with E-state index in [1.54, 1.807) is 26.3 Å². The molecule has 0 amide bonds. The summed E-state index contributed by atoms with van der Waals surface area (Å²) < 4.78 is 16.2. The largest absolute Gasteiger partial charge is 0.497 e. The lowest BCUT2D eigenvalue weighted by molar-refractivity contribution is -0.385. The Balaban J connectivity index is 1.95. The number of hydrogen-bond donors (Lipinski definition) is 0. The average molecular weight is 491 g/mol. The molecule has 0 fully saturated rings. The number of fused-ring (bicyclic) bond motifs is 3. The van der Waals surface area contributed by atoms with Gasteiger partial charge in [-0.2, -0.15) is 0 Å². The SMILES string of the molecule is COc1ccc(-c2c3c(=O)n(C)c(=O)n(C)c3c3n2C(C)(C)COC3c2cccc([N+](=O)[O-])c2)cc1. The molecule has 2 aromatic carbocycles. The van der Waals surface area contributed by atoms with E-state index in [2.05, 4.69) is 0 Å². The fourth-order valence-corrected chi connectivity index (χ4v) is 5.07. The first-order valence-electron chi connectivity index (χ1n) is 11.4. The van der Waals surface area contributed by atoms with Crippen molar-refractivity contribution in [2.45, 2.75) is 25.5 Å². The molecule has 186 valence electrons. The van der Waals surface area contributed by atoms with Crippen LogP contribution < -0.4 is 16.0 Å². The maximum atomic E-state index is 13.6. The van der Waals surface area contributed by atoms with Gasteiger partial charge in [0, 0.05) is 26.2 Å². The fourth-order valence-electron chi connectivity index (χ4n) is 5.07. The van der Waals surface area contributed by atoms with Crippen LogP contribution in [0.25, 0.3) is 22.2 Å². The summed E-state index contributed by atoms with van der Waals surface area (Å²) >= 11 is 0. The van der Waals surface area contributed by atoms with Crippen molar-refractivity contribution >= 4 is 16.6 Å². The van der Waals surface area contributed by atoms with Crippen molar-refractivity contribution in [1.29, 1.82) is 0 Å². The van der Waals surface area contributed by atoms with Gasteiger partial charge in [-0.15, -0.1) is 0 Å². The first kappa shape index (κ1) is 23.6. The van der Waals surface area contributed by atoms with E-state index in [0.29, 0.717) is 33.6 Å². The van der Waals surface area contributed by atoms with Gasteiger partial charge in [-0.05, 0) is 49.2 Å². The molecule has 1 unspecified atom stereocenters. The number of nitro benzene ring substituents is 1. The molecule has 1 aliphatic rings. The molecule has 0 bridgehead atoms. The van der Waals surface area contributed by atoms with Gasteiger partial charge in [-0.25, -0.2) is 4.79 Å². The number of aryl methyl sites for hydroxylation is 1. The summed E-state index contributed by atoms with van der Waals surface area (Å²) in [5.74, 6) is 0.672. The standard InChI is InChI=1S/C26H26N4O6/c1-26(2)14-36-23(16-7-6-8-17(13-16)30(33)34)22-21-19(24(31)28(4)25(32)27(21)3)20(29(22)26)15-9-11-18(35-5)12-10-15/h6-13,23H,14H2,1-5H3. The smallest absolute Gasteiger partial charge is 0.331 e. The van der Waals surface area contributed by atoms with Gasteiger partial charge in [0.2, 0.25) is 0 Å². The van der Waals surface area contributed by atoms with Crippen LogP contribution in [0.4, 0.5) is 5.69 Å². The van der Waals surface area contributed by atoms with E-state index in [0.717, 1.165) is 10.1 Å². The Morgan fingerprint density at radius 1 is 1.08 bits per heavy atom. The summed E-state index contributed by atoms with van der Waals surface area (Å²) in [6, 6.07) is 13.6. The molecule has 10 nitrogen and oxygen atoms in total. The minimum atomic E-state index is -0.731. The van der Waals surface area contributed by atoms with Crippen LogP contribution in [0, 0.1) is 10.1 Å². The molecule has 0 radical (unpaired) electrons. The minimum Gasteiger partial charge on any atom is -0.497 e.